The molecule has 30 heavy (non-hydrogen) atoms. The minimum atomic E-state index is -3.60. The molecule has 1 heterocycles. The van der Waals surface area contributed by atoms with Gasteiger partial charge in [-0.3, -0.25) is 4.72 Å². The summed E-state index contributed by atoms with van der Waals surface area (Å²) in [6, 6.07) is 13.5. The lowest BCUT2D eigenvalue weighted by atomic mass is 9.98. The number of hydrogen-bond acceptors (Lipinski definition) is 6. The molecule has 8 nitrogen and oxygen atoms in total. The van der Waals surface area contributed by atoms with Crippen LogP contribution in [0.15, 0.2) is 53.6 Å². The predicted molar refractivity (Wildman–Crippen MR) is 118 cm³/mol. The van der Waals surface area contributed by atoms with Crippen molar-refractivity contribution in [3.05, 3.63) is 59.7 Å². The molecule has 0 aliphatic carbocycles. The molecule has 0 bridgehead atoms. The Hall–Kier alpha value is -2.59. The average Bonchev–Trinajstić information content (AvgIpc) is 3.14. The number of hydrogen-bond donors (Lipinski definition) is 1. The summed E-state index contributed by atoms with van der Waals surface area (Å²) in [5.74, 6) is 0.555. The van der Waals surface area contributed by atoms with E-state index in [1.807, 2.05) is 31.2 Å². The lowest BCUT2D eigenvalue weighted by molar-refractivity contribution is 0.317. The van der Waals surface area contributed by atoms with Gasteiger partial charge in [0.1, 0.15) is 5.75 Å². The quantitative estimate of drug-likeness (QED) is 0.664. The highest BCUT2D eigenvalue weighted by Gasteiger charge is 2.37. The Balaban J connectivity index is 1.97. The second-order valence-electron chi connectivity index (χ2n) is 6.86. The fourth-order valence-corrected chi connectivity index (χ4v) is 4.90. The molecule has 2 aromatic carbocycles. The monoisotopic (exact) mass is 451 g/mol. The lowest BCUT2D eigenvalue weighted by Gasteiger charge is -2.24. The molecule has 0 aromatic heterocycles. The first-order chi connectivity index (χ1) is 14.1. The number of ether oxygens (including phenoxy) is 1. The fraction of sp³-hybridized carbons (Fsp3) is 0.350. The van der Waals surface area contributed by atoms with Crippen LogP contribution < -0.4 is 9.46 Å². The Morgan fingerprint density at radius 2 is 1.73 bits per heavy atom. The van der Waals surface area contributed by atoms with Crippen LogP contribution in [0.3, 0.4) is 0 Å². The van der Waals surface area contributed by atoms with Gasteiger partial charge in [0, 0.05) is 17.7 Å². The van der Waals surface area contributed by atoms with Crippen molar-refractivity contribution in [2.24, 2.45) is 5.10 Å². The Labute approximate surface area is 177 Å². The number of anilines is 1. The molecule has 1 aliphatic rings. The molecule has 1 N–H and O–H groups in total. The van der Waals surface area contributed by atoms with Gasteiger partial charge >= 0.3 is 0 Å². The van der Waals surface area contributed by atoms with Gasteiger partial charge < -0.3 is 4.74 Å². The van der Waals surface area contributed by atoms with Gasteiger partial charge in [-0.15, -0.1) is 0 Å². The van der Waals surface area contributed by atoms with E-state index >= 15 is 0 Å². The lowest BCUT2D eigenvalue weighted by Crippen LogP contribution is -2.28. The third-order valence-electron chi connectivity index (χ3n) is 4.62. The standard InChI is InChI=1S/C20H25N3O5S2/c1-4-28-20-9-7-6-8-17(20)19-14-18(21-23(19)30(26,27)5-2)15-10-12-16(13-11-15)22-29(3,24)25/h6-13,19,22H,4-5,14H2,1-3H3/t19-/m1/s1. The van der Waals surface area contributed by atoms with E-state index in [1.54, 1.807) is 31.2 Å². The van der Waals surface area contributed by atoms with Crippen molar-refractivity contribution in [3.63, 3.8) is 0 Å². The first kappa shape index (κ1) is 22.1. The van der Waals surface area contributed by atoms with Crippen LogP contribution in [0.25, 0.3) is 0 Å². The summed E-state index contributed by atoms with van der Waals surface area (Å²) >= 11 is 0. The highest BCUT2D eigenvalue weighted by molar-refractivity contribution is 7.92. The van der Waals surface area contributed by atoms with Crippen molar-refractivity contribution in [2.45, 2.75) is 26.3 Å². The Kier molecular flexibility index (Phi) is 6.37. The average molecular weight is 452 g/mol. The van der Waals surface area contributed by atoms with E-state index in [0.29, 0.717) is 30.2 Å². The maximum Gasteiger partial charge on any atom is 0.250 e. The van der Waals surface area contributed by atoms with E-state index in [4.69, 9.17) is 4.74 Å². The molecule has 2 aromatic rings. The third kappa shape index (κ3) is 4.93. The van der Waals surface area contributed by atoms with Crippen molar-refractivity contribution in [2.75, 3.05) is 23.3 Å². The minimum absolute atomic E-state index is 0.0751. The van der Waals surface area contributed by atoms with Crippen LogP contribution in [0.5, 0.6) is 5.75 Å². The molecule has 0 unspecified atom stereocenters. The summed E-state index contributed by atoms with van der Waals surface area (Å²) < 4.78 is 57.6. The molecule has 0 saturated heterocycles. The van der Waals surface area contributed by atoms with E-state index < -0.39 is 26.1 Å². The van der Waals surface area contributed by atoms with Crippen LogP contribution in [0.4, 0.5) is 5.69 Å². The van der Waals surface area contributed by atoms with E-state index in [1.165, 1.54) is 4.41 Å². The number of rotatable bonds is 8. The fourth-order valence-electron chi connectivity index (χ4n) is 3.27. The zero-order valence-corrected chi connectivity index (χ0v) is 18.7. The number of nitrogens with zero attached hydrogens (tertiary/aromatic N) is 2. The molecule has 0 spiro atoms. The first-order valence-corrected chi connectivity index (χ1v) is 13.0. The van der Waals surface area contributed by atoms with E-state index in [0.717, 1.165) is 17.4 Å². The normalized spacial score (nSPS) is 17.0. The molecular weight excluding hydrogens is 426 g/mol. The summed E-state index contributed by atoms with van der Waals surface area (Å²) in [7, 11) is -6.98. The van der Waals surface area contributed by atoms with E-state index in [-0.39, 0.29) is 5.75 Å². The molecule has 0 radical (unpaired) electrons. The van der Waals surface area contributed by atoms with Crippen molar-refractivity contribution in [3.8, 4) is 5.75 Å². The Morgan fingerprint density at radius 3 is 2.33 bits per heavy atom. The largest absolute Gasteiger partial charge is 0.494 e. The van der Waals surface area contributed by atoms with Gasteiger partial charge in [0.15, 0.2) is 0 Å². The van der Waals surface area contributed by atoms with Crippen molar-refractivity contribution in [1.82, 2.24) is 4.41 Å². The topological polar surface area (TPSA) is 105 Å². The van der Waals surface area contributed by atoms with E-state index in [2.05, 4.69) is 9.82 Å². The Bertz CT molecular complexity index is 1140. The van der Waals surface area contributed by atoms with Crippen molar-refractivity contribution < 1.29 is 21.6 Å². The summed E-state index contributed by atoms with van der Waals surface area (Å²) in [6.07, 6.45) is 1.46. The highest BCUT2D eigenvalue weighted by atomic mass is 32.2. The second kappa shape index (κ2) is 8.65. The van der Waals surface area contributed by atoms with Crippen LogP contribution in [0.1, 0.15) is 37.4 Å². The second-order valence-corrected chi connectivity index (χ2v) is 10.7. The van der Waals surface area contributed by atoms with Gasteiger partial charge in [0.05, 0.1) is 30.4 Å². The number of para-hydroxylation sites is 1. The summed E-state index contributed by atoms with van der Waals surface area (Å²) in [4.78, 5) is 0. The van der Waals surface area contributed by atoms with Crippen LogP contribution >= 0.6 is 0 Å². The van der Waals surface area contributed by atoms with Crippen LogP contribution in [-0.2, 0) is 20.0 Å². The smallest absolute Gasteiger partial charge is 0.250 e. The summed E-state index contributed by atoms with van der Waals surface area (Å²) in [5.41, 5.74) is 2.51. The SMILES string of the molecule is CCOc1ccccc1[C@H]1CC(c2ccc(NS(C)(=O)=O)cc2)=NN1S(=O)(=O)CC. The van der Waals surface area contributed by atoms with Crippen LogP contribution in [-0.4, -0.2) is 45.6 Å². The number of sulfonamides is 2. The van der Waals surface area contributed by atoms with Crippen LogP contribution in [0, 0.1) is 0 Å². The summed E-state index contributed by atoms with van der Waals surface area (Å²) in [5, 5.41) is 4.43. The maximum atomic E-state index is 12.7. The van der Waals surface area contributed by atoms with Crippen molar-refractivity contribution >= 4 is 31.4 Å². The molecule has 162 valence electrons. The van der Waals surface area contributed by atoms with Gasteiger partial charge in [0.25, 0.3) is 0 Å². The number of hydrazone groups is 1. The van der Waals surface area contributed by atoms with Gasteiger partial charge in [-0.2, -0.15) is 9.52 Å². The van der Waals surface area contributed by atoms with Crippen molar-refractivity contribution in [1.29, 1.82) is 0 Å². The van der Waals surface area contributed by atoms with Crippen LogP contribution in [0.2, 0.25) is 0 Å². The zero-order chi connectivity index (χ0) is 21.9. The molecule has 0 saturated carbocycles. The predicted octanol–water partition coefficient (Wildman–Crippen LogP) is 2.96. The molecule has 0 fully saturated rings. The van der Waals surface area contributed by atoms with Gasteiger partial charge in [0.2, 0.25) is 20.0 Å². The van der Waals surface area contributed by atoms with E-state index in [9.17, 15) is 16.8 Å². The number of benzene rings is 2. The molecule has 1 atom stereocenters. The van der Waals surface area contributed by atoms with Gasteiger partial charge in [-0.1, -0.05) is 30.3 Å². The maximum absolute atomic E-state index is 12.7. The number of nitrogens with one attached hydrogen (secondary N) is 1. The molecule has 1 aliphatic heterocycles. The highest BCUT2D eigenvalue weighted by Crippen LogP contribution is 2.39. The molecule has 0 amide bonds. The molecule has 10 heteroatoms. The third-order valence-corrected chi connectivity index (χ3v) is 6.86. The van der Waals surface area contributed by atoms with Gasteiger partial charge in [-0.25, -0.2) is 16.8 Å². The first-order valence-electron chi connectivity index (χ1n) is 9.54. The Morgan fingerprint density at radius 1 is 1.07 bits per heavy atom. The van der Waals surface area contributed by atoms with Gasteiger partial charge in [-0.05, 0) is 37.6 Å². The summed E-state index contributed by atoms with van der Waals surface area (Å²) in [6.45, 7) is 3.92. The molecule has 3 rings (SSSR count). The molecular formula is C20H25N3O5S2. The minimum Gasteiger partial charge on any atom is -0.494 e. The zero-order valence-electron chi connectivity index (χ0n) is 17.1.